The summed E-state index contributed by atoms with van der Waals surface area (Å²) in [6, 6.07) is 0.771. The Hall–Kier alpha value is -0.0800. The number of rotatable bonds is 8. The number of nitrogens with zero attached hydrogens (tertiary/aromatic N) is 1. The second kappa shape index (κ2) is 7.79. The highest BCUT2D eigenvalue weighted by Gasteiger charge is 2.35. The summed E-state index contributed by atoms with van der Waals surface area (Å²) in [6.07, 6.45) is 8.57. The van der Waals surface area contributed by atoms with Gasteiger partial charge in [0.15, 0.2) is 0 Å². The number of nitrogens with one attached hydrogen (secondary N) is 1. The third-order valence-electron chi connectivity index (χ3n) is 5.62. The van der Waals surface area contributed by atoms with Gasteiger partial charge in [-0.05, 0) is 62.9 Å². The maximum Gasteiger partial charge on any atom is 0.0108 e. The molecule has 0 aromatic rings. The molecular weight excluding hydrogens is 244 g/mol. The highest BCUT2D eigenvalue weighted by atomic mass is 15.1. The van der Waals surface area contributed by atoms with E-state index in [1.54, 1.807) is 0 Å². The van der Waals surface area contributed by atoms with Crippen LogP contribution in [-0.4, -0.2) is 37.6 Å². The van der Waals surface area contributed by atoms with Crippen LogP contribution in [0.25, 0.3) is 0 Å². The molecule has 2 aliphatic carbocycles. The van der Waals surface area contributed by atoms with Crippen LogP contribution >= 0.6 is 0 Å². The highest BCUT2D eigenvalue weighted by molar-refractivity contribution is 4.88. The first kappa shape index (κ1) is 16.3. The van der Waals surface area contributed by atoms with Gasteiger partial charge in [-0.2, -0.15) is 0 Å². The van der Waals surface area contributed by atoms with E-state index in [0.29, 0.717) is 0 Å². The Balaban J connectivity index is 1.82. The molecule has 2 fully saturated rings. The molecule has 2 saturated carbocycles. The lowest BCUT2D eigenvalue weighted by atomic mass is 9.76. The minimum absolute atomic E-state index is 0.771. The van der Waals surface area contributed by atoms with E-state index in [1.807, 2.05) is 0 Å². The van der Waals surface area contributed by atoms with Crippen molar-refractivity contribution >= 4 is 0 Å². The fourth-order valence-corrected chi connectivity index (χ4v) is 4.29. The van der Waals surface area contributed by atoms with Gasteiger partial charge < -0.3 is 10.2 Å². The largest absolute Gasteiger partial charge is 0.314 e. The molecule has 1 N–H and O–H groups in total. The fraction of sp³-hybridized carbons (Fsp3) is 1.00. The molecule has 5 unspecified atom stereocenters. The van der Waals surface area contributed by atoms with Crippen LogP contribution < -0.4 is 5.32 Å². The van der Waals surface area contributed by atoms with Gasteiger partial charge in [-0.3, -0.25) is 0 Å². The first-order chi connectivity index (χ1) is 9.63. The summed E-state index contributed by atoms with van der Waals surface area (Å²) < 4.78 is 0. The Morgan fingerprint density at radius 1 is 1.05 bits per heavy atom. The summed E-state index contributed by atoms with van der Waals surface area (Å²) in [5.74, 6) is 3.85. The molecule has 0 aliphatic heterocycles. The van der Waals surface area contributed by atoms with Gasteiger partial charge in [-0.15, -0.1) is 0 Å². The molecule has 0 radical (unpaired) electrons. The first-order valence-electron chi connectivity index (χ1n) is 9.05. The maximum absolute atomic E-state index is 3.75. The van der Waals surface area contributed by atoms with Crippen molar-refractivity contribution in [3.63, 3.8) is 0 Å². The molecule has 0 amide bonds. The number of hydrogen-bond acceptors (Lipinski definition) is 2. The van der Waals surface area contributed by atoms with E-state index in [-0.39, 0.29) is 0 Å². The zero-order valence-electron chi connectivity index (χ0n) is 14.2. The average Bonchev–Trinajstić information content (AvgIpc) is 3.08. The van der Waals surface area contributed by atoms with Gasteiger partial charge in [0.05, 0.1) is 0 Å². The van der Waals surface area contributed by atoms with Crippen molar-refractivity contribution in [1.82, 2.24) is 10.2 Å². The lowest BCUT2D eigenvalue weighted by molar-refractivity contribution is 0.147. The molecule has 0 aromatic carbocycles. The Bertz CT molecular complexity index is 279. The van der Waals surface area contributed by atoms with Crippen molar-refractivity contribution in [2.75, 3.05) is 26.7 Å². The summed E-state index contributed by atoms with van der Waals surface area (Å²) >= 11 is 0. The summed E-state index contributed by atoms with van der Waals surface area (Å²) in [5.41, 5.74) is 0. The lowest BCUT2D eigenvalue weighted by Crippen LogP contribution is -2.45. The zero-order valence-corrected chi connectivity index (χ0v) is 14.2. The molecule has 5 atom stereocenters. The maximum atomic E-state index is 3.75. The molecule has 20 heavy (non-hydrogen) atoms. The van der Waals surface area contributed by atoms with E-state index in [2.05, 4.69) is 38.0 Å². The van der Waals surface area contributed by atoms with Crippen molar-refractivity contribution in [1.29, 1.82) is 0 Å². The van der Waals surface area contributed by atoms with Crippen LogP contribution in [0.5, 0.6) is 0 Å². The molecule has 2 aliphatic rings. The standard InChI is InChI=1S/C18H36N2/c1-5-7-15-8-9-18(19-6-2)17(11-15)13-20(4)12-16-10-14(16)3/h14-19H,5-13H2,1-4H3. The molecule has 0 bridgehead atoms. The molecular formula is C18H36N2. The van der Waals surface area contributed by atoms with Crippen LogP contribution in [0.4, 0.5) is 0 Å². The SMILES string of the molecule is CCCC1CCC(NCC)C(CN(C)CC2CC2C)C1. The van der Waals surface area contributed by atoms with E-state index >= 15 is 0 Å². The van der Waals surface area contributed by atoms with Crippen molar-refractivity contribution < 1.29 is 0 Å². The normalized spacial score (nSPS) is 37.4. The molecule has 0 aromatic heterocycles. The zero-order chi connectivity index (χ0) is 14.5. The van der Waals surface area contributed by atoms with Crippen LogP contribution in [-0.2, 0) is 0 Å². The molecule has 0 spiro atoms. The molecule has 2 heteroatoms. The second-order valence-corrected chi connectivity index (χ2v) is 7.59. The topological polar surface area (TPSA) is 15.3 Å². The molecule has 118 valence electrons. The van der Waals surface area contributed by atoms with Crippen LogP contribution in [0.2, 0.25) is 0 Å². The van der Waals surface area contributed by atoms with Gasteiger partial charge in [-0.25, -0.2) is 0 Å². The van der Waals surface area contributed by atoms with E-state index in [4.69, 9.17) is 0 Å². The Kier molecular flexibility index (Phi) is 6.35. The van der Waals surface area contributed by atoms with Gasteiger partial charge >= 0.3 is 0 Å². The smallest absolute Gasteiger partial charge is 0.0108 e. The minimum Gasteiger partial charge on any atom is -0.314 e. The number of hydrogen-bond donors (Lipinski definition) is 1. The molecule has 2 rings (SSSR count). The van der Waals surface area contributed by atoms with E-state index in [1.165, 1.54) is 51.6 Å². The second-order valence-electron chi connectivity index (χ2n) is 7.59. The van der Waals surface area contributed by atoms with Crippen LogP contribution in [0.3, 0.4) is 0 Å². The third kappa shape index (κ3) is 4.73. The summed E-state index contributed by atoms with van der Waals surface area (Å²) in [6.45, 7) is 10.8. The predicted molar refractivity (Wildman–Crippen MR) is 88.0 cm³/mol. The van der Waals surface area contributed by atoms with Crippen molar-refractivity contribution in [3.8, 4) is 0 Å². The molecule has 0 saturated heterocycles. The Labute approximate surface area is 126 Å². The van der Waals surface area contributed by atoms with E-state index in [0.717, 1.165) is 36.3 Å². The highest BCUT2D eigenvalue weighted by Crippen LogP contribution is 2.38. The van der Waals surface area contributed by atoms with Crippen LogP contribution in [0.1, 0.15) is 59.3 Å². The van der Waals surface area contributed by atoms with Gasteiger partial charge in [0, 0.05) is 19.1 Å². The van der Waals surface area contributed by atoms with Crippen molar-refractivity contribution in [2.24, 2.45) is 23.7 Å². The Morgan fingerprint density at radius 2 is 1.75 bits per heavy atom. The average molecular weight is 281 g/mol. The lowest BCUT2D eigenvalue weighted by Gasteiger charge is -2.38. The van der Waals surface area contributed by atoms with E-state index in [9.17, 15) is 0 Å². The van der Waals surface area contributed by atoms with Crippen molar-refractivity contribution in [2.45, 2.75) is 65.3 Å². The van der Waals surface area contributed by atoms with Crippen LogP contribution in [0.15, 0.2) is 0 Å². The summed E-state index contributed by atoms with van der Waals surface area (Å²) in [5, 5.41) is 3.75. The summed E-state index contributed by atoms with van der Waals surface area (Å²) in [7, 11) is 2.34. The molecule has 2 nitrogen and oxygen atoms in total. The minimum atomic E-state index is 0.771. The van der Waals surface area contributed by atoms with E-state index < -0.39 is 0 Å². The van der Waals surface area contributed by atoms with Gasteiger partial charge in [0.2, 0.25) is 0 Å². The Morgan fingerprint density at radius 3 is 2.35 bits per heavy atom. The first-order valence-corrected chi connectivity index (χ1v) is 9.05. The molecule has 0 heterocycles. The van der Waals surface area contributed by atoms with Crippen molar-refractivity contribution in [3.05, 3.63) is 0 Å². The predicted octanol–water partition coefficient (Wildman–Crippen LogP) is 3.77. The van der Waals surface area contributed by atoms with Gasteiger partial charge in [0.25, 0.3) is 0 Å². The monoisotopic (exact) mass is 280 g/mol. The fourth-order valence-electron chi connectivity index (χ4n) is 4.29. The third-order valence-corrected chi connectivity index (χ3v) is 5.62. The summed E-state index contributed by atoms with van der Waals surface area (Å²) in [4.78, 5) is 2.62. The van der Waals surface area contributed by atoms with Gasteiger partial charge in [-0.1, -0.05) is 33.6 Å². The quantitative estimate of drug-likeness (QED) is 0.728. The van der Waals surface area contributed by atoms with Gasteiger partial charge in [0.1, 0.15) is 0 Å². The van der Waals surface area contributed by atoms with Crippen LogP contribution in [0, 0.1) is 23.7 Å².